The van der Waals surface area contributed by atoms with E-state index in [1.165, 1.54) is 6.07 Å². The highest BCUT2D eigenvalue weighted by atomic mass is 16.6. The van der Waals surface area contributed by atoms with Gasteiger partial charge in [-0.3, -0.25) is 19.7 Å². The number of carboxylic acid groups (broad SMARTS) is 1. The van der Waals surface area contributed by atoms with Gasteiger partial charge in [0.2, 0.25) is 5.75 Å². The Balaban J connectivity index is 3.45. The van der Waals surface area contributed by atoms with Gasteiger partial charge >= 0.3 is 11.7 Å². The van der Waals surface area contributed by atoms with Gasteiger partial charge in [-0.15, -0.1) is 0 Å². The standard InChI is InChI=1S/C13H11N3O8/c1-15(5-10(18)19)13(22)7(4-14)11(20)6-2-8(16(23)24)12(21)9(17)3-6/h2-3,17,20-21H,5H2,1H3,(H,18,19)/b11-7-. The fraction of sp³-hybridized carbons (Fsp3) is 0.154. The molecule has 0 fully saturated rings. The van der Waals surface area contributed by atoms with Crippen molar-refractivity contribution in [2.45, 2.75) is 0 Å². The average molecular weight is 337 g/mol. The predicted molar refractivity (Wildman–Crippen MR) is 76.9 cm³/mol. The van der Waals surface area contributed by atoms with Gasteiger partial charge in [0, 0.05) is 18.7 Å². The van der Waals surface area contributed by atoms with Crippen LogP contribution in [-0.4, -0.2) is 55.7 Å². The molecule has 1 amide bonds. The van der Waals surface area contributed by atoms with Crippen LogP contribution in [0.2, 0.25) is 0 Å². The van der Waals surface area contributed by atoms with Crippen LogP contribution in [-0.2, 0) is 9.59 Å². The lowest BCUT2D eigenvalue weighted by Crippen LogP contribution is -2.33. The van der Waals surface area contributed by atoms with Gasteiger partial charge in [0.25, 0.3) is 5.91 Å². The van der Waals surface area contributed by atoms with Gasteiger partial charge in [-0.05, 0) is 6.07 Å². The molecule has 0 unspecified atom stereocenters. The van der Waals surface area contributed by atoms with Crippen molar-refractivity contribution in [2.75, 3.05) is 13.6 Å². The number of rotatable bonds is 5. The first-order valence-corrected chi connectivity index (χ1v) is 6.11. The van der Waals surface area contributed by atoms with E-state index in [9.17, 15) is 35.0 Å². The Morgan fingerprint density at radius 1 is 1.33 bits per heavy atom. The molecule has 0 aliphatic carbocycles. The number of likely N-dealkylation sites (N-methyl/N-ethyl adjacent to an activating group) is 1. The highest BCUT2D eigenvalue weighted by Crippen LogP contribution is 2.38. The van der Waals surface area contributed by atoms with E-state index < -0.39 is 57.4 Å². The van der Waals surface area contributed by atoms with Gasteiger partial charge in [-0.2, -0.15) is 5.26 Å². The summed E-state index contributed by atoms with van der Waals surface area (Å²) in [5.74, 6) is -5.52. The van der Waals surface area contributed by atoms with Gasteiger partial charge in [0.15, 0.2) is 11.3 Å². The summed E-state index contributed by atoms with van der Waals surface area (Å²) in [6, 6.07) is 2.72. The molecule has 126 valence electrons. The lowest BCUT2D eigenvalue weighted by Gasteiger charge is -2.14. The topological polar surface area (TPSA) is 185 Å². The maximum Gasteiger partial charge on any atom is 0.323 e. The summed E-state index contributed by atoms with van der Waals surface area (Å²) in [4.78, 5) is 32.9. The van der Waals surface area contributed by atoms with Crippen molar-refractivity contribution in [3.63, 3.8) is 0 Å². The summed E-state index contributed by atoms with van der Waals surface area (Å²) < 4.78 is 0. The van der Waals surface area contributed by atoms with E-state index in [-0.39, 0.29) is 0 Å². The van der Waals surface area contributed by atoms with Crippen molar-refractivity contribution < 1.29 is 34.9 Å². The number of carboxylic acids is 1. The monoisotopic (exact) mass is 337 g/mol. The van der Waals surface area contributed by atoms with Gasteiger partial charge in [0.1, 0.15) is 18.4 Å². The minimum atomic E-state index is -1.36. The van der Waals surface area contributed by atoms with E-state index in [4.69, 9.17) is 10.4 Å². The average Bonchev–Trinajstić information content (AvgIpc) is 2.49. The van der Waals surface area contributed by atoms with Crippen LogP contribution in [0.15, 0.2) is 17.7 Å². The molecule has 1 aromatic rings. The second-order valence-corrected chi connectivity index (χ2v) is 4.51. The molecule has 0 saturated heterocycles. The van der Waals surface area contributed by atoms with Gasteiger partial charge in [-0.25, -0.2) is 0 Å². The summed E-state index contributed by atoms with van der Waals surface area (Å²) in [5, 5.41) is 57.2. The smallest absolute Gasteiger partial charge is 0.323 e. The number of carbonyl (C=O) groups excluding carboxylic acids is 1. The number of phenols is 2. The summed E-state index contributed by atoms with van der Waals surface area (Å²) >= 11 is 0. The Morgan fingerprint density at radius 3 is 2.38 bits per heavy atom. The maximum atomic E-state index is 12.0. The number of amides is 1. The zero-order chi connectivity index (χ0) is 18.6. The first-order valence-electron chi connectivity index (χ1n) is 6.11. The number of hydrogen-bond acceptors (Lipinski definition) is 8. The van der Waals surface area contributed by atoms with E-state index >= 15 is 0 Å². The Kier molecular flexibility index (Phi) is 5.29. The molecule has 0 aromatic heterocycles. The normalized spacial score (nSPS) is 11.2. The molecule has 11 heteroatoms. The van der Waals surface area contributed by atoms with E-state index in [0.717, 1.165) is 7.05 Å². The SMILES string of the molecule is CN(CC(=O)O)C(=O)/C(C#N)=C(\O)c1cc(O)c(O)c([N+](=O)[O-])c1. The molecule has 0 spiro atoms. The highest BCUT2D eigenvalue weighted by Gasteiger charge is 2.25. The molecule has 0 bridgehead atoms. The largest absolute Gasteiger partial charge is 0.506 e. The maximum absolute atomic E-state index is 12.0. The molecule has 0 radical (unpaired) electrons. The van der Waals surface area contributed by atoms with Crippen LogP contribution in [0.25, 0.3) is 5.76 Å². The predicted octanol–water partition coefficient (Wildman–Crippen LogP) is 0.342. The van der Waals surface area contributed by atoms with Gasteiger partial charge in [-0.1, -0.05) is 0 Å². The third kappa shape index (κ3) is 3.69. The Labute approximate surface area is 134 Å². The molecule has 11 nitrogen and oxygen atoms in total. The Bertz CT molecular complexity index is 793. The van der Waals surface area contributed by atoms with Crippen molar-refractivity contribution in [1.82, 2.24) is 4.90 Å². The number of aromatic hydroxyl groups is 2. The highest BCUT2D eigenvalue weighted by molar-refractivity contribution is 6.04. The summed E-state index contributed by atoms with van der Waals surface area (Å²) in [6.45, 7) is -0.752. The number of nitrogens with zero attached hydrogens (tertiary/aromatic N) is 3. The molecule has 1 rings (SSSR count). The van der Waals surface area contributed by atoms with E-state index in [0.29, 0.717) is 17.0 Å². The molecule has 24 heavy (non-hydrogen) atoms. The zero-order valence-electron chi connectivity index (χ0n) is 12.1. The summed E-state index contributed by atoms with van der Waals surface area (Å²) in [5.41, 5.74) is -2.33. The molecular weight excluding hydrogens is 326 g/mol. The van der Waals surface area contributed by atoms with Crippen LogP contribution in [0.5, 0.6) is 11.5 Å². The molecule has 0 heterocycles. The molecule has 0 aliphatic heterocycles. The summed E-state index contributed by atoms with van der Waals surface area (Å²) in [6.07, 6.45) is 0. The molecule has 0 atom stereocenters. The van der Waals surface area contributed by atoms with Crippen molar-refractivity contribution >= 4 is 23.3 Å². The second kappa shape index (κ2) is 6.97. The third-order valence-electron chi connectivity index (χ3n) is 2.82. The Hall–Kier alpha value is -3.81. The number of aliphatic hydroxyl groups is 1. The number of nitro groups is 1. The van der Waals surface area contributed by atoms with E-state index in [1.807, 2.05) is 0 Å². The first-order chi connectivity index (χ1) is 11.1. The quantitative estimate of drug-likeness (QED) is 0.147. The van der Waals surface area contributed by atoms with Crippen molar-refractivity contribution in [3.05, 3.63) is 33.4 Å². The lowest BCUT2D eigenvalue weighted by molar-refractivity contribution is -0.386. The number of hydrogen-bond donors (Lipinski definition) is 4. The van der Waals surface area contributed by atoms with Gasteiger partial charge in [0.05, 0.1) is 4.92 Å². The first kappa shape index (κ1) is 18.2. The molecule has 4 N–H and O–H groups in total. The van der Waals surface area contributed by atoms with Crippen LogP contribution < -0.4 is 0 Å². The van der Waals surface area contributed by atoms with Crippen LogP contribution in [0.3, 0.4) is 0 Å². The van der Waals surface area contributed by atoms with Crippen LogP contribution in [0, 0.1) is 21.4 Å². The van der Waals surface area contributed by atoms with Crippen LogP contribution in [0.4, 0.5) is 5.69 Å². The minimum Gasteiger partial charge on any atom is -0.506 e. The number of benzene rings is 1. The number of phenolic OH excluding ortho intramolecular Hbond substituents is 2. The van der Waals surface area contributed by atoms with Crippen LogP contribution in [0.1, 0.15) is 5.56 Å². The van der Waals surface area contributed by atoms with E-state index in [2.05, 4.69) is 0 Å². The number of nitro benzene ring substituents is 1. The van der Waals surface area contributed by atoms with Crippen molar-refractivity contribution in [1.29, 1.82) is 5.26 Å². The molecule has 1 aromatic carbocycles. The fourth-order valence-corrected chi connectivity index (χ4v) is 1.69. The Morgan fingerprint density at radius 2 is 1.92 bits per heavy atom. The fourth-order valence-electron chi connectivity index (χ4n) is 1.69. The minimum absolute atomic E-state index is 0.481. The lowest BCUT2D eigenvalue weighted by atomic mass is 10.1. The third-order valence-corrected chi connectivity index (χ3v) is 2.82. The molecule has 0 saturated carbocycles. The van der Waals surface area contributed by atoms with E-state index in [1.54, 1.807) is 0 Å². The molecular formula is C13H11N3O8. The zero-order valence-corrected chi connectivity index (χ0v) is 12.1. The number of nitriles is 1. The van der Waals surface area contributed by atoms with Gasteiger partial charge < -0.3 is 25.3 Å². The van der Waals surface area contributed by atoms with Crippen LogP contribution >= 0.6 is 0 Å². The number of carbonyl (C=O) groups is 2. The molecule has 0 aliphatic rings. The number of aliphatic hydroxyl groups excluding tert-OH is 1. The number of aliphatic carboxylic acids is 1. The summed E-state index contributed by atoms with van der Waals surface area (Å²) in [7, 11) is 1.07. The second-order valence-electron chi connectivity index (χ2n) is 4.51. The van der Waals surface area contributed by atoms with Crippen molar-refractivity contribution in [2.24, 2.45) is 0 Å². The van der Waals surface area contributed by atoms with Crippen molar-refractivity contribution in [3.8, 4) is 17.6 Å².